The number of nitrogens with zero attached hydrogens (tertiary/aromatic N) is 2. The summed E-state index contributed by atoms with van der Waals surface area (Å²) in [4.78, 5) is 8.35. The van der Waals surface area contributed by atoms with E-state index in [0.717, 1.165) is 9.88 Å². The van der Waals surface area contributed by atoms with Crippen LogP contribution in [0.2, 0.25) is 5.15 Å². The number of rotatable bonds is 1. The van der Waals surface area contributed by atoms with Crippen molar-refractivity contribution >= 4 is 22.9 Å². The van der Waals surface area contributed by atoms with Crippen molar-refractivity contribution in [1.82, 2.24) is 9.97 Å². The maximum atomic E-state index is 13.3. The van der Waals surface area contributed by atoms with Gasteiger partial charge in [0.2, 0.25) is 5.95 Å². The van der Waals surface area contributed by atoms with Gasteiger partial charge in [-0.1, -0.05) is 11.6 Å². The first-order valence-corrected chi connectivity index (χ1v) is 5.11. The first-order valence-electron chi connectivity index (χ1n) is 3.91. The van der Waals surface area contributed by atoms with Crippen molar-refractivity contribution < 1.29 is 4.39 Å². The highest BCUT2D eigenvalue weighted by Gasteiger charge is 2.09. The Morgan fingerprint density at radius 1 is 1.43 bits per heavy atom. The van der Waals surface area contributed by atoms with Gasteiger partial charge in [-0.15, -0.1) is 11.3 Å². The van der Waals surface area contributed by atoms with Crippen molar-refractivity contribution in [3.05, 3.63) is 34.4 Å². The Kier molecular flexibility index (Phi) is 2.48. The third kappa shape index (κ3) is 1.76. The Bertz CT molecular complexity index is 470. The van der Waals surface area contributed by atoms with Crippen molar-refractivity contribution in [3.63, 3.8) is 0 Å². The molecule has 0 aliphatic rings. The molecule has 0 aromatic carbocycles. The molecule has 0 N–H and O–H groups in total. The van der Waals surface area contributed by atoms with Gasteiger partial charge in [0.05, 0.1) is 9.88 Å². The van der Waals surface area contributed by atoms with Crippen LogP contribution in [0.3, 0.4) is 0 Å². The molecule has 0 amide bonds. The SMILES string of the molecule is Cc1ncc(-c2ccc(Cl)nc2F)s1. The zero-order valence-corrected chi connectivity index (χ0v) is 8.86. The summed E-state index contributed by atoms with van der Waals surface area (Å²) in [5.74, 6) is -0.554. The van der Waals surface area contributed by atoms with Crippen molar-refractivity contribution in [2.75, 3.05) is 0 Å². The van der Waals surface area contributed by atoms with E-state index < -0.39 is 5.95 Å². The van der Waals surface area contributed by atoms with Crippen LogP contribution in [0.4, 0.5) is 4.39 Å². The van der Waals surface area contributed by atoms with Gasteiger partial charge in [0.25, 0.3) is 0 Å². The van der Waals surface area contributed by atoms with E-state index in [9.17, 15) is 4.39 Å². The fraction of sp³-hybridized carbons (Fsp3) is 0.111. The summed E-state index contributed by atoms with van der Waals surface area (Å²) in [6.07, 6.45) is 1.63. The normalized spacial score (nSPS) is 10.5. The number of halogens is 2. The second-order valence-corrected chi connectivity index (χ2v) is 4.34. The third-order valence-electron chi connectivity index (χ3n) is 1.70. The topological polar surface area (TPSA) is 25.8 Å². The average molecular weight is 229 g/mol. The van der Waals surface area contributed by atoms with Gasteiger partial charge in [0.15, 0.2) is 0 Å². The van der Waals surface area contributed by atoms with Gasteiger partial charge in [-0.25, -0.2) is 9.97 Å². The van der Waals surface area contributed by atoms with Gasteiger partial charge in [0, 0.05) is 11.8 Å². The van der Waals surface area contributed by atoms with Crippen molar-refractivity contribution in [2.45, 2.75) is 6.92 Å². The molecule has 0 spiro atoms. The van der Waals surface area contributed by atoms with Crippen LogP contribution < -0.4 is 0 Å². The smallest absolute Gasteiger partial charge is 0.223 e. The molecule has 2 nitrogen and oxygen atoms in total. The van der Waals surface area contributed by atoms with Crippen LogP contribution in [0.15, 0.2) is 18.3 Å². The number of thiazole rings is 1. The molecule has 0 saturated heterocycles. The van der Waals surface area contributed by atoms with Gasteiger partial charge in [-0.2, -0.15) is 4.39 Å². The summed E-state index contributed by atoms with van der Waals surface area (Å²) in [5, 5.41) is 1.06. The summed E-state index contributed by atoms with van der Waals surface area (Å²) >= 11 is 6.97. The molecule has 0 saturated carbocycles. The predicted octanol–water partition coefficient (Wildman–Crippen LogP) is 3.31. The molecule has 72 valence electrons. The second-order valence-electron chi connectivity index (χ2n) is 2.72. The molecule has 0 aliphatic carbocycles. The van der Waals surface area contributed by atoms with Crippen LogP contribution in [-0.4, -0.2) is 9.97 Å². The van der Waals surface area contributed by atoms with E-state index in [-0.39, 0.29) is 5.15 Å². The van der Waals surface area contributed by atoms with Gasteiger partial charge < -0.3 is 0 Å². The number of hydrogen-bond donors (Lipinski definition) is 0. The molecular weight excluding hydrogens is 223 g/mol. The molecule has 0 aliphatic heterocycles. The van der Waals surface area contributed by atoms with Crippen LogP contribution in [0.5, 0.6) is 0 Å². The summed E-state index contributed by atoms with van der Waals surface area (Å²) in [7, 11) is 0. The zero-order chi connectivity index (χ0) is 10.1. The monoisotopic (exact) mass is 228 g/mol. The highest BCUT2D eigenvalue weighted by atomic mass is 35.5. The Hall–Kier alpha value is -1.00. The first-order chi connectivity index (χ1) is 6.66. The quantitative estimate of drug-likeness (QED) is 0.700. The van der Waals surface area contributed by atoms with Crippen LogP contribution >= 0.6 is 22.9 Å². The highest BCUT2D eigenvalue weighted by Crippen LogP contribution is 2.27. The van der Waals surface area contributed by atoms with Crippen LogP contribution in [0, 0.1) is 12.9 Å². The van der Waals surface area contributed by atoms with Crippen LogP contribution in [-0.2, 0) is 0 Å². The van der Waals surface area contributed by atoms with Crippen LogP contribution in [0.25, 0.3) is 10.4 Å². The minimum atomic E-state index is -0.554. The van der Waals surface area contributed by atoms with Gasteiger partial charge in [-0.05, 0) is 19.1 Å². The van der Waals surface area contributed by atoms with Crippen molar-refractivity contribution in [1.29, 1.82) is 0 Å². The molecule has 0 atom stereocenters. The highest BCUT2D eigenvalue weighted by molar-refractivity contribution is 7.15. The molecule has 2 heterocycles. The average Bonchev–Trinajstić information content (AvgIpc) is 2.51. The van der Waals surface area contributed by atoms with Crippen molar-refractivity contribution in [3.8, 4) is 10.4 Å². The molecule has 0 bridgehead atoms. The maximum Gasteiger partial charge on any atom is 0.223 e. The molecule has 5 heteroatoms. The molecule has 2 aromatic rings. The van der Waals surface area contributed by atoms with Crippen LogP contribution in [0.1, 0.15) is 5.01 Å². The molecule has 0 radical (unpaired) electrons. The van der Waals surface area contributed by atoms with E-state index in [0.29, 0.717) is 5.56 Å². The summed E-state index contributed by atoms with van der Waals surface area (Å²) in [6.45, 7) is 1.87. The molecule has 2 aromatic heterocycles. The minimum absolute atomic E-state index is 0.160. The lowest BCUT2D eigenvalue weighted by molar-refractivity contribution is 0.588. The second kappa shape index (κ2) is 3.63. The fourth-order valence-corrected chi connectivity index (χ4v) is 2.01. The van der Waals surface area contributed by atoms with E-state index in [1.165, 1.54) is 11.3 Å². The number of hydrogen-bond acceptors (Lipinski definition) is 3. The van der Waals surface area contributed by atoms with E-state index in [1.54, 1.807) is 18.3 Å². The van der Waals surface area contributed by atoms with E-state index in [1.807, 2.05) is 6.92 Å². The fourth-order valence-electron chi connectivity index (χ4n) is 1.08. The predicted molar refractivity (Wildman–Crippen MR) is 55.1 cm³/mol. The molecule has 2 rings (SSSR count). The summed E-state index contributed by atoms with van der Waals surface area (Å²) in [6, 6.07) is 3.17. The maximum absolute atomic E-state index is 13.3. The standard InChI is InChI=1S/C9H6ClFN2S/c1-5-12-4-7(14-5)6-2-3-8(10)13-9(6)11/h2-4H,1H3. The number of aryl methyl sites for hydroxylation is 1. The number of aromatic nitrogens is 2. The minimum Gasteiger partial charge on any atom is -0.249 e. The molecule has 14 heavy (non-hydrogen) atoms. The lowest BCUT2D eigenvalue weighted by atomic mass is 10.2. The summed E-state index contributed by atoms with van der Waals surface area (Å²) < 4.78 is 13.3. The summed E-state index contributed by atoms with van der Waals surface area (Å²) in [5.41, 5.74) is 0.444. The van der Waals surface area contributed by atoms with Gasteiger partial charge in [-0.3, -0.25) is 0 Å². The molecule has 0 fully saturated rings. The zero-order valence-electron chi connectivity index (χ0n) is 7.29. The first kappa shape index (κ1) is 9.55. The Balaban J connectivity index is 2.52. The Morgan fingerprint density at radius 2 is 2.21 bits per heavy atom. The van der Waals surface area contributed by atoms with Gasteiger partial charge in [0.1, 0.15) is 5.15 Å². The molecule has 0 unspecified atom stereocenters. The van der Waals surface area contributed by atoms with Gasteiger partial charge >= 0.3 is 0 Å². The Labute approximate surface area is 89.4 Å². The third-order valence-corrected chi connectivity index (χ3v) is 2.86. The van der Waals surface area contributed by atoms with E-state index in [4.69, 9.17) is 11.6 Å². The molecular formula is C9H6ClFN2S. The van der Waals surface area contributed by atoms with E-state index >= 15 is 0 Å². The van der Waals surface area contributed by atoms with E-state index in [2.05, 4.69) is 9.97 Å². The largest absolute Gasteiger partial charge is 0.249 e. The lowest BCUT2D eigenvalue weighted by Crippen LogP contribution is -1.86. The number of pyridine rings is 1. The Morgan fingerprint density at radius 3 is 2.79 bits per heavy atom. The lowest BCUT2D eigenvalue weighted by Gasteiger charge is -1.97. The van der Waals surface area contributed by atoms with Crippen molar-refractivity contribution in [2.24, 2.45) is 0 Å².